The van der Waals surface area contributed by atoms with Crippen LogP contribution in [0.1, 0.15) is 26.2 Å². The quantitative estimate of drug-likeness (QED) is 0.735. The summed E-state index contributed by atoms with van der Waals surface area (Å²) >= 11 is 1.63. The maximum Gasteiger partial charge on any atom is 0.238 e. The molecule has 1 saturated heterocycles. The third kappa shape index (κ3) is 4.53. The van der Waals surface area contributed by atoms with Crippen LogP contribution in [-0.2, 0) is 26.0 Å². The van der Waals surface area contributed by atoms with Crippen molar-refractivity contribution in [2.45, 2.75) is 48.9 Å². The fourth-order valence-electron chi connectivity index (χ4n) is 2.71. The molecule has 2 aromatic rings. The minimum atomic E-state index is -3.73. The van der Waals surface area contributed by atoms with E-state index in [1.54, 1.807) is 23.9 Å². The lowest BCUT2D eigenvalue weighted by Crippen LogP contribution is -2.25. The van der Waals surface area contributed by atoms with E-state index in [9.17, 15) is 8.42 Å². The molecule has 0 unspecified atom stereocenters. The minimum Gasteiger partial charge on any atom is -0.355 e. The van der Waals surface area contributed by atoms with Gasteiger partial charge in [0.25, 0.3) is 0 Å². The second-order valence-corrected chi connectivity index (χ2v) is 8.56. The Morgan fingerprint density at radius 1 is 1.44 bits per heavy atom. The Morgan fingerprint density at radius 3 is 2.96 bits per heavy atom. The number of rotatable bonds is 7. The lowest BCUT2D eigenvalue weighted by Gasteiger charge is -2.22. The standard InChI is InChI=1S/C16H23N3O4S2/c1-2-3-7-19-15-5-4-13(25(17,20)21)9-14(15)18-16(19)24-10-12-6-8-22-11-23-12/h4-5,9,12H,2-3,6-8,10-11H2,1H3,(H2,17,20,21)/t12-/m1/s1. The summed E-state index contributed by atoms with van der Waals surface area (Å²) in [6.07, 6.45) is 3.13. The molecular weight excluding hydrogens is 362 g/mol. The van der Waals surface area contributed by atoms with E-state index in [1.807, 2.05) is 0 Å². The highest BCUT2D eigenvalue weighted by atomic mass is 32.2. The smallest absolute Gasteiger partial charge is 0.238 e. The maximum atomic E-state index is 11.6. The molecule has 7 nitrogen and oxygen atoms in total. The van der Waals surface area contributed by atoms with Crippen LogP contribution in [0.15, 0.2) is 28.3 Å². The van der Waals surface area contributed by atoms with Crippen LogP contribution in [0.5, 0.6) is 0 Å². The van der Waals surface area contributed by atoms with E-state index in [0.29, 0.717) is 12.3 Å². The number of benzene rings is 1. The second-order valence-electron chi connectivity index (χ2n) is 6.01. The van der Waals surface area contributed by atoms with Gasteiger partial charge in [-0.1, -0.05) is 25.1 Å². The topological polar surface area (TPSA) is 96.4 Å². The van der Waals surface area contributed by atoms with Crippen LogP contribution in [0.2, 0.25) is 0 Å². The SMILES string of the molecule is CCCCn1c(SC[C@H]2CCOCO2)nc2cc(S(N)(=O)=O)ccc21. The molecule has 9 heteroatoms. The number of nitrogens with two attached hydrogens (primary N) is 1. The number of imidazole rings is 1. The Hall–Kier alpha value is -1.13. The van der Waals surface area contributed by atoms with Gasteiger partial charge in [0, 0.05) is 12.3 Å². The van der Waals surface area contributed by atoms with Gasteiger partial charge in [-0.25, -0.2) is 18.5 Å². The Morgan fingerprint density at radius 2 is 2.28 bits per heavy atom. The van der Waals surface area contributed by atoms with E-state index in [0.717, 1.165) is 48.8 Å². The molecule has 1 aliphatic rings. The summed E-state index contributed by atoms with van der Waals surface area (Å²) in [5.74, 6) is 0.793. The molecule has 0 spiro atoms. The average Bonchev–Trinajstić information content (AvgIpc) is 2.95. The zero-order valence-corrected chi connectivity index (χ0v) is 15.8. The second kappa shape index (κ2) is 8.05. The number of primary sulfonamides is 1. The van der Waals surface area contributed by atoms with Crippen molar-refractivity contribution in [3.05, 3.63) is 18.2 Å². The number of thioether (sulfide) groups is 1. The van der Waals surface area contributed by atoms with Crippen molar-refractivity contribution in [3.63, 3.8) is 0 Å². The van der Waals surface area contributed by atoms with Crippen LogP contribution in [-0.4, -0.2) is 43.2 Å². The molecule has 1 fully saturated rings. The van der Waals surface area contributed by atoms with Gasteiger partial charge in [-0.2, -0.15) is 0 Å². The van der Waals surface area contributed by atoms with Crippen LogP contribution in [0.3, 0.4) is 0 Å². The Balaban J connectivity index is 1.88. The van der Waals surface area contributed by atoms with Crippen molar-refractivity contribution in [2.75, 3.05) is 19.2 Å². The predicted octanol–water partition coefficient (Wildman–Crippen LogP) is 2.34. The molecule has 0 saturated carbocycles. The van der Waals surface area contributed by atoms with E-state index in [4.69, 9.17) is 14.6 Å². The molecule has 3 rings (SSSR count). The first-order chi connectivity index (χ1) is 12.0. The monoisotopic (exact) mass is 385 g/mol. The van der Waals surface area contributed by atoms with Crippen molar-refractivity contribution in [3.8, 4) is 0 Å². The third-order valence-electron chi connectivity index (χ3n) is 4.12. The average molecular weight is 386 g/mol. The van der Waals surface area contributed by atoms with Crippen LogP contribution < -0.4 is 5.14 Å². The summed E-state index contributed by atoms with van der Waals surface area (Å²) in [5.41, 5.74) is 1.58. The molecule has 1 atom stereocenters. The van der Waals surface area contributed by atoms with E-state index in [2.05, 4.69) is 16.5 Å². The molecule has 2 N–H and O–H groups in total. The van der Waals surface area contributed by atoms with Crippen molar-refractivity contribution in [1.29, 1.82) is 0 Å². The maximum absolute atomic E-state index is 11.6. The minimum absolute atomic E-state index is 0.0875. The number of nitrogens with zero attached hydrogens (tertiary/aromatic N) is 2. The molecule has 0 aliphatic carbocycles. The Kier molecular flexibility index (Phi) is 6.00. The van der Waals surface area contributed by atoms with Crippen LogP contribution >= 0.6 is 11.8 Å². The normalized spacial score (nSPS) is 18.7. The zero-order chi connectivity index (χ0) is 17.9. The number of sulfonamides is 1. The third-order valence-corrected chi connectivity index (χ3v) is 6.14. The van der Waals surface area contributed by atoms with Crippen molar-refractivity contribution < 1.29 is 17.9 Å². The van der Waals surface area contributed by atoms with Gasteiger partial charge in [-0.05, 0) is 31.0 Å². The summed E-state index contributed by atoms with van der Waals surface area (Å²) in [5, 5.41) is 6.11. The molecule has 1 aromatic heterocycles. The highest BCUT2D eigenvalue weighted by Crippen LogP contribution is 2.28. The number of ether oxygens (including phenoxy) is 2. The van der Waals surface area contributed by atoms with Gasteiger partial charge in [0.05, 0.1) is 28.6 Å². The first-order valence-corrected chi connectivity index (χ1v) is 10.9. The molecule has 138 valence electrons. The van der Waals surface area contributed by atoms with E-state index in [1.165, 1.54) is 6.07 Å². The van der Waals surface area contributed by atoms with Crippen LogP contribution in [0.25, 0.3) is 11.0 Å². The highest BCUT2D eigenvalue weighted by Gasteiger charge is 2.18. The van der Waals surface area contributed by atoms with Gasteiger partial charge in [-0.15, -0.1) is 0 Å². The lowest BCUT2D eigenvalue weighted by atomic mass is 10.3. The fraction of sp³-hybridized carbons (Fsp3) is 0.562. The lowest BCUT2D eigenvalue weighted by molar-refractivity contribution is -0.130. The van der Waals surface area contributed by atoms with Crippen molar-refractivity contribution in [1.82, 2.24) is 9.55 Å². The number of fused-ring (bicyclic) bond motifs is 1. The Labute approximate surface area is 151 Å². The first kappa shape index (κ1) is 18.7. The highest BCUT2D eigenvalue weighted by molar-refractivity contribution is 7.99. The summed E-state index contributed by atoms with van der Waals surface area (Å²) < 4.78 is 36.1. The number of aryl methyl sites for hydroxylation is 1. The van der Waals surface area contributed by atoms with Gasteiger partial charge >= 0.3 is 0 Å². The van der Waals surface area contributed by atoms with Gasteiger partial charge in [-0.3, -0.25) is 0 Å². The number of hydrogen-bond donors (Lipinski definition) is 1. The van der Waals surface area contributed by atoms with Crippen molar-refractivity contribution in [2.24, 2.45) is 5.14 Å². The molecule has 1 aliphatic heterocycles. The van der Waals surface area contributed by atoms with E-state index >= 15 is 0 Å². The Bertz CT molecular complexity index is 829. The van der Waals surface area contributed by atoms with Gasteiger partial charge in [0.15, 0.2) is 5.16 Å². The van der Waals surface area contributed by atoms with Gasteiger partial charge in [0.1, 0.15) is 6.79 Å². The molecule has 0 bridgehead atoms. The number of aromatic nitrogens is 2. The zero-order valence-electron chi connectivity index (χ0n) is 14.2. The molecule has 2 heterocycles. The largest absolute Gasteiger partial charge is 0.355 e. The van der Waals surface area contributed by atoms with Crippen LogP contribution in [0, 0.1) is 0 Å². The number of unbranched alkanes of at least 4 members (excludes halogenated alkanes) is 1. The van der Waals surface area contributed by atoms with Gasteiger partial charge in [0.2, 0.25) is 10.0 Å². The van der Waals surface area contributed by atoms with E-state index in [-0.39, 0.29) is 11.0 Å². The predicted molar refractivity (Wildman–Crippen MR) is 97.0 cm³/mol. The van der Waals surface area contributed by atoms with Gasteiger partial charge < -0.3 is 14.0 Å². The molecule has 1 aromatic carbocycles. The molecule has 0 radical (unpaired) electrons. The summed E-state index contributed by atoms with van der Waals surface area (Å²) in [7, 11) is -3.73. The van der Waals surface area contributed by atoms with Crippen LogP contribution in [0.4, 0.5) is 0 Å². The number of hydrogen-bond acceptors (Lipinski definition) is 6. The summed E-state index contributed by atoms with van der Waals surface area (Å²) in [6, 6.07) is 4.87. The summed E-state index contributed by atoms with van der Waals surface area (Å²) in [4.78, 5) is 4.73. The molecule has 0 amide bonds. The molecular formula is C16H23N3O4S2. The first-order valence-electron chi connectivity index (χ1n) is 8.34. The fourth-order valence-corrected chi connectivity index (χ4v) is 4.35. The molecule has 25 heavy (non-hydrogen) atoms. The van der Waals surface area contributed by atoms with Crippen molar-refractivity contribution >= 4 is 32.8 Å². The summed E-state index contributed by atoms with van der Waals surface area (Å²) in [6.45, 7) is 4.05. The van der Waals surface area contributed by atoms with E-state index < -0.39 is 10.0 Å².